The molecule has 0 fully saturated rings. The Bertz CT molecular complexity index is 1370. The number of amides is 1. The molecule has 3 aromatic rings. The Kier molecular flexibility index (Phi) is 8.46. The van der Waals surface area contributed by atoms with Crippen LogP contribution in [0.4, 0.5) is 0 Å². The third-order valence-corrected chi connectivity index (χ3v) is 7.03. The first-order chi connectivity index (χ1) is 18.1. The van der Waals surface area contributed by atoms with Crippen LogP contribution >= 0.6 is 0 Å². The standard InChI is InChI=1S/C31H39NO6/c1-18(2)11-14-37-24-10-9-22(17-26(24)35-7)28-27-29(33)23-15-20(5)21(6)16-25(23)38-30(27)31(34)32(28)12-8-13-36-19(3)4/h9-10,15-19,28H,8,11-14H2,1-7H3. The summed E-state index contributed by atoms with van der Waals surface area (Å²) in [5.74, 6) is 1.54. The van der Waals surface area contributed by atoms with E-state index in [0.717, 1.165) is 23.1 Å². The highest BCUT2D eigenvalue weighted by atomic mass is 16.5. The van der Waals surface area contributed by atoms with E-state index < -0.39 is 6.04 Å². The maximum atomic E-state index is 13.9. The fourth-order valence-corrected chi connectivity index (χ4v) is 4.78. The lowest BCUT2D eigenvalue weighted by molar-refractivity contribution is 0.0593. The number of nitrogens with zero attached hydrogens (tertiary/aromatic N) is 1. The molecule has 1 atom stereocenters. The first-order valence-corrected chi connectivity index (χ1v) is 13.4. The van der Waals surface area contributed by atoms with Crippen molar-refractivity contribution in [2.75, 3.05) is 26.9 Å². The van der Waals surface area contributed by atoms with Crippen molar-refractivity contribution in [1.29, 1.82) is 0 Å². The summed E-state index contributed by atoms with van der Waals surface area (Å²) in [5, 5.41) is 0.482. The summed E-state index contributed by atoms with van der Waals surface area (Å²) in [6.45, 7) is 13.7. The van der Waals surface area contributed by atoms with Gasteiger partial charge in [-0.05, 0) is 87.4 Å². The van der Waals surface area contributed by atoms with E-state index in [1.165, 1.54) is 0 Å². The van der Waals surface area contributed by atoms with E-state index >= 15 is 0 Å². The van der Waals surface area contributed by atoms with Gasteiger partial charge in [0, 0.05) is 13.2 Å². The minimum absolute atomic E-state index is 0.102. The van der Waals surface area contributed by atoms with E-state index in [-0.39, 0.29) is 23.2 Å². The smallest absolute Gasteiger partial charge is 0.290 e. The molecule has 204 valence electrons. The van der Waals surface area contributed by atoms with Crippen LogP contribution in [-0.4, -0.2) is 43.8 Å². The van der Waals surface area contributed by atoms with Crippen LogP contribution in [0.1, 0.15) is 79.4 Å². The predicted octanol–water partition coefficient (Wildman–Crippen LogP) is 6.20. The van der Waals surface area contributed by atoms with Gasteiger partial charge in [0.25, 0.3) is 5.91 Å². The van der Waals surface area contributed by atoms with Crippen molar-refractivity contribution in [3.63, 3.8) is 0 Å². The van der Waals surface area contributed by atoms with Gasteiger partial charge < -0.3 is 23.5 Å². The maximum Gasteiger partial charge on any atom is 0.290 e. The lowest BCUT2D eigenvalue weighted by Gasteiger charge is -2.26. The van der Waals surface area contributed by atoms with Crippen LogP contribution in [0.3, 0.4) is 0 Å². The molecule has 0 bridgehead atoms. The molecule has 0 N–H and O–H groups in total. The monoisotopic (exact) mass is 521 g/mol. The topological polar surface area (TPSA) is 78.2 Å². The second-order valence-corrected chi connectivity index (χ2v) is 10.7. The normalized spacial score (nSPS) is 15.1. The summed E-state index contributed by atoms with van der Waals surface area (Å²) in [6.07, 6.45) is 1.66. The minimum Gasteiger partial charge on any atom is -0.493 e. The fraction of sp³-hybridized carbons (Fsp3) is 0.484. The van der Waals surface area contributed by atoms with Gasteiger partial charge in [-0.2, -0.15) is 0 Å². The Morgan fingerprint density at radius 2 is 1.71 bits per heavy atom. The summed E-state index contributed by atoms with van der Waals surface area (Å²) in [4.78, 5) is 29.3. The Morgan fingerprint density at radius 1 is 0.974 bits per heavy atom. The van der Waals surface area contributed by atoms with Crippen molar-refractivity contribution in [3.8, 4) is 11.5 Å². The van der Waals surface area contributed by atoms with E-state index in [9.17, 15) is 9.59 Å². The molecular weight excluding hydrogens is 482 g/mol. The van der Waals surface area contributed by atoms with Crippen LogP contribution in [0, 0.1) is 19.8 Å². The Balaban J connectivity index is 1.79. The zero-order chi connectivity index (χ0) is 27.6. The summed E-state index contributed by atoms with van der Waals surface area (Å²) >= 11 is 0. The van der Waals surface area contributed by atoms with Crippen molar-refractivity contribution in [1.82, 2.24) is 4.90 Å². The van der Waals surface area contributed by atoms with Crippen molar-refractivity contribution in [2.24, 2.45) is 5.92 Å². The molecule has 0 saturated heterocycles. The molecule has 0 spiro atoms. The predicted molar refractivity (Wildman–Crippen MR) is 148 cm³/mol. The van der Waals surface area contributed by atoms with Gasteiger partial charge in [-0.3, -0.25) is 9.59 Å². The molecule has 38 heavy (non-hydrogen) atoms. The third kappa shape index (κ3) is 5.58. The van der Waals surface area contributed by atoms with Gasteiger partial charge in [-0.15, -0.1) is 0 Å². The summed E-state index contributed by atoms with van der Waals surface area (Å²) in [7, 11) is 1.59. The summed E-state index contributed by atoms with van der Waals surface area (Å²) in [6, 6.07) is 8.70. The zero-order valence-electron chi connectivity index (χ0n) is 23.6. The van der Waals surface area contributed by atoms with Crippen LogP contribution < -0.4 is 14.9 Å². The lowest BCUT2D eigenvalue weighted by Crippen LogP contribution is -2.31. The second kappa shape index (κ2) is 11.6. The molecule has 1 aliphatic heterocycles. The highest BCUT2D eigenvalue weighted by molar-refractivity contribution is 5.99. The molecular formula is C31H39NO6. The molecule has 1 unspecified atom stereocenters. The fourth-order valence-electron chi connectivity index (χ4n) is 4.78. The molecule has 7 heteroatoms. The van der Waals surface area contributed by atoms with Crippen molar-refractivity contribution in [2.45, 2.75) is 66.5 Å². The molecule has 1 amide bonds. The van der Waals surface area contributed by atoms with Gasteiger partial charge in [0.15, 0.2) is 16.9 Å². The number of ether oxygens (including phenoxy) is 3. The van der Waals surface area contributed by atoms with E-state index in [4.69, 9.17) is 18.6 Å². The number of aryl methyl sites for hydroxylation is 2. The van der Waals surface area contributed by atoms with Gasteiger partial charge in [0.1, 0.15) is 5.58 Å². The highest BCUT2D eigenvalue weighted by Gasteiger charge is 2.42. The number of methoxy groups -OCH3 is 1. The van der Waals surface area contributed by atoms with Gasteiger partial charge in [0.05, 0.1) is 36.8 Å². The van der Waals surface area contributed by atoms with Gasteiger partial charge in [0.2, 0.25) is 5.76 Å². The van der Waals surface area contributed by atoms with Crippen LogP contribution in [0.15, 0.2) is 39.5 Å². The summed E-state index contributed by atoms with van der Waals surface area (Å²) in [5.41, 5.74) is 3.39. The molecule has 1 aromatic heterocycles. The third-order valence-electron chi connectivity index (χ3n) is 7.03. The largest absolute Gasteiger partial charge is 0.493 e. The van der Waals surface area contributed by atoms with E-state index in [1.54, 1.807) is 12.0 Å². The summed E-state index contributed by atoms with van der Waals surface area (Å²) < 4.78 is 23.5. The Hall–Kier alpha value is -3.32. The second-order valence-electron chi connectivity index (χ2n) is 10.7. The number of carbonyl (C=O) groups is 1. The van der Waals surface area contributed by atoms with Gasteiger partial charge in [-0.1, -0.05) is 19.9 Å². The average molecular weight is 522 g/mol. The van der Waals surface area contributed by atoms with E-state index in [0.29, 0.717) is 60.1 Å². The average Bonchev–Trinajstić information content (AvgIpc) is 3.14. The molecule has 7 nitrogen and oxygen atoms in total. The van der Waals surface area contributed by atoms with E-state index in [2.05, 4.69) is 13.8 Å². The first-order valence-electron chi connectivity index (χ1n) is 13.4. The number of fused-ring (bicyclic) bond motifs is 2. The molecule has 4 rings (SSSR count). The molecule has 1 aliphatic rings. The Morgan fingerprint density at radius 3 is 2.39 bits per heavy atom. The van der Waals surface area contributed by atoms with Crippen molar-refractivity contribution >= 4 is 16.9 Å². The highest BCUT2D eigenvalue weighted by Crippen LogP contribution is 2.41. The van der Waals surface area contributed by atoms with Crippen LogP contribution in [-0.2, 0) is 4.74 Å². The Labute approximate surface area is 224 Å². The number of benzene rings is 2. The van der Waals surface area contributed by atoms with Crippen LogP contribution in [0.5, 0.6) is 11.5 Å². The zero-order valence-corrected chi connectivity index (χ0v) is 23.6. The van der Waals surface area contributed by atoms with Crippen molar-refractivity contribution in [3.05, 3.63) is 68.6 Å². The number of rotatable bonds is 11. The quantitative estimate of drug-likeness (QED) is 0.280. The van der Waals surface area contributed by atoms with Gasteiger partial charge >= 0.3 is 0 Å². The number of hydrogen-bond acceptors (Lipinski definition) is 6. The van der Waals surface area contributed by atoms with Gasteiger partial charge in [-0.25, -0.2) is 0 Å². The number of carbonyl (C=O) groups excluding carboxylic acids is 1. The minimum atomic E-state index is -0.600. The first kappa shape index (κ1) is 27.7. The molecule has 2 heterocycles. The molecule has 2 aromatic carbocycles. The SMILES string of the molecule is COc1cc(C2c3c(oc4cc(C)c(C)cc4c3=O)C(=O)N2CCCOC(C)C)ccc1OCCC(C)C. The number of hydrogen-bond donors (Lipinski definition) is 0. The molecule has 0 aliphatic carbocycles. The molecule has 0 radical (unpaired) electrons. The van der Waals surface area contributed by atoms with Crippen LogP contribution in [0.2, 0.25) is 0 Å². The molecule has 0 saturated carbocycles. The van der Waals surface area contributed by atoms with Crippen LogP contribution in [0.25, 0.3) is 11.0 Å². The van der Waals surface area contributed by atoms with Crippen molar-refractivity contribution < 1.29 is 23.4 Å². The lowest BCUT2D eigenvalue weighted by atomic mass is 9.97. The van der Waals surface area contributed by atoms with E-state index in [1.807, 2.05) is 58.0 Å². The maximum absolute atomic E-state index is 13.9.